The minimum Gasteiger partial charge on any atom is -0.268 e. The highest BCUT2D eigenvalue weighted by Crippen LogP contribution is 2.14. The average molecular weight is 140 g/mol. The van der Waals surface area contributed by atoms with Gasteiger partial charge in [-0.2, -0.15) is 0 Å². The van der Waals surface area contributed by atoms with Crippen LogP contribution in [0.25, 0.3) is 0 Å². The van der Waals surface area contributed by atoms with E-state index in [0.717, 1.165) is 12.8 Å². The summed E-state index contributed by atoms with van der Waals surface area (Å²) in [6, 6.07) is 0.971. The molecule has 2 N–H and O–H groups in total. The third-order valence-electron chi connectivity index (χ3n) is 2.15. The molecule has 1 rings (SSSR count). The van der Waals surface area contributed by atoms with Crippen molar-refractivity contribution in [2.45, 2.75) is 38.8 Å². The van der Waals surface area contributed by atoms with Crippen molar-refractivity contribution in [2.24, 2.45) is 5.84 Å². The van der Waals surface area contributed by atoms with Gasteiger partial charge in [-0.15, -0.1) is 0 Å². The van der Waals surface area contributed by atoms with Crippen LogP contribution in [0.2, 0.25) is 0 Å². The average Bonchev–Trinajstić information content (AvgIpc) is 1.95. The lowest BCUT2D eigenvalue weighted by atomic mass is 10.0. The molecule has 0 radical (unpaired) electrons. The molecule has 2 atom stereocenters. The first-order valence-electron chi connectivity index (χ1n) is 3.95. The van der Waals surface area contributed by atoms with Crippen molar-refractivity contribution < 1.29 is 0 Å². The zero-order valence-corrected chi connectivity index (χ0v) is 6.75. The van der Waals surface area contributed by atoms with Crippen molar-refractivity contribution in [1.29, 1.82) is 0 Å². The molecule has 1 aliphatic rings. The lowest BCUT2D eigenvalue weighted by Gasteiger charge is -2.32. The van der Waals surface area contributed by atoms with Gasteiger partial charge in [0, 0.05) is 12.1 Å². The number of hydrogen-bond donors (Lipinski definition) is 1. The predicted octanol–water partition coefficient (Wildman–Crippen LogP) is 1.29. The molecule has 1 aliphatic heterocycles. The van der Waals surface area contributed by atoms with Gasteiger partial charge in [-0.05, 0) is 19.8 Å². The number of hydrogen-bond acceptors (Lipinski definition) is 2. The van der Waals surface area contributed by atoms with Crippen LogP contribution in [0.4, 0.5) is 0 Å². The molecule has 0 saturated heterocycles. The number of nitrogens with two attached hydrogens (primary N) is 1. The van der Waals surface area contributed by atoms with Gasteiger partial charge >= 0.3 is 0 Å². The monoisotopic (exact) mass is 140 g/mol. The van der Waals surface area contributed by atoms with E-state index in [4.69, 9.17) is 5.84 Å². The lowest BCUT2D eigenvalue weighted by molar-refractivity contribution is 0.160. The van der Waals surface area contributed by atoms with Crippen LogP contribution in [0.3, 0.4) is 0 Å². The molecule has 58 valence electrons. The van der Waals surface area contributed by atoms with Gasteiger partial charge in [0.1, 0.15) is 0 Å². The summed E-state index contributed by atoms with van der Waals surface area (Å²) in [7, 11) is 0. The van der Waals surface area contributed by atoms with E-state index >= 15 is 0 Å². The first-order chi connectivity index (χ1) is 4.75. The highest BCUT2D eigenvalue weighted by molar-refractivity contribution is 5.00. The standard InChI is InChI=1S/C8H16N2/c1-3-8-6-4-5-7(2)10(8)9/h4,6-8H,3,5,9H2,1-2H3. The third-order valence-corrected chi connectivity index (χ3v) is 2.15. The topological polar surface area (TPSA) is 29.3 Å². The van der Waals surface area contributed by atoms with E-state index in [1.807, 2.05) is 5.01 Å². The molecule has 2 unspecified atom stereocenters. The molecule has 0 spiro atoms. The molecule has 1 heterocycles. The molecule has 0 bridgehead atoms. The van der Waals surface area contributed by atoms with Gasteiger partial charge < -0.3 is 0 Å². The number of rotatable bonds is 1. The molecular weight excluding hydrogens is 124 g/mol. The Balaban J connectivity index is 2.57. The van der Waals surface area contributed by atoms with Gasteiger partial charge in [0.2, 0.25) is 0 Å². The molecule has 2 nitrogen and oxygen atoms in total. The Bertz CT molecular complexity index is 131. The maximum absolute atomic E-state index is 5.82. The SMILES string of the molecule is CCC1C=CCC(C)N1N. The Hall–Kier alpha value is -0.340. The normalized spacial score (nSPS) is 34.7. The minimum absolute atomic E-state index is 0.462. The van der Waals surface area contributed by atoms with Gasteiger partial charge in [-0.1, -0.05) is 19.1 Å². The molecular formula is C8H16N2. The highest BCUT2D eigenvalue weighted by Gasteiger charge is 2.18. The largest absolute Gasteiger partial charge is 0.268 e. The Labute approximate surface area is 62.7 Å². The molecule has 0 saturated carbocycles. The van der Waals surface area contributed by atoms with Crippen LogP contribution >= 0.6 is 0 Å². The van der Waals surface area contributed by atoms with E-state index in [2.05, 4.69) is 26.0 Å². The zero-order valence-electron chi connectivity index (χ0n) is 6.75. The minimum atomic E-state index is 0.462. The number of hydrazine groups is 1. The maximum Gasteiger partial charge on any atom is 0.0421 e. The fourth-order valence-corrected chi connectivity index (χ4v) is 1.33. The van der Waals surface area contributed by atoms with Crippen LogP contribution in [0.15, 0.2) is 12.2 Å². The van der Waals surface area contributed by atoms with Gasteiger partial charge in [-0.3, -0.25) is 5.84 Å². The second-order valence-corrected chi connectivity index (χ2v) is 2.94. The van der Waals surface area contributed by atoms with Gasteiger partial charge in [0.15, 0.2) is 0 Å². The summed E-state index contributed by atoms with van der Waals surface area (Å²) in [5.74, 6) is 5.82. The summed E-state index contributed by atoms with van der Waals surface area (Å²) in [4.78, 5) is 0. The summed E-state index contributed by atoms with van der Waals surface area (Å²) >= 11 is 0. The first kappa shape index (κ1) is 7.76. The third kappa shape index (κ3) is 1.39. The summed E-state index contributed by atoms with van der Waals surface area (Å²) in [6.07, 6.45) is 6.62. The second kappa shape index (κ2) is 3.17. The van der Waals surface area contributed by atoms with Crippen molar-refractivity contribution in [3.63, 3.8) is 0 Å². The molecule has 0 aliphatic carbocycles. The van der Waals surface area contributed by atoms with Crippen LogP contribution in [-0.2, 0) is 0 Å². The van der Waals surface area contributed by atoms with Crippen LogP contribution in [0.5, 0.6) is 0 Å². The smallest absolute Gasteiger partial charge is 0.0421 e. The zero-order chi connectivity index (χ0) is 7.56. The Kier molecular flexibility index (Phi) is 2.46. The fourth-order valence-electron chi connectivity index (χ4n) is 1.33. The lowest BCUT2D eigenvalue weighted by Crippen LogP contribution is -2.47. The molecule has 0 aromatic carbocycles. The van der Waals surface area contributed by atoms with Gasteiger partial charge in [0.25, 0.3) is 0 Å². The molecule has 0 amide bonds. The Morgan fingerprint density at radius 1 is 1.70 bits per heavy atom. The van der Waals surface area contributed by atoms with Crippen molar-refractivity contribution in [3.8, 4) is 0 Å². The Morgan fingerprint density at radius 2 is 2.40 bits per heavy atom. The van der Waals surface area contributed by atoms with E-state index in [9.17, 15) is 0 Å². The fraction of sp³-hybridized carbons (Fsp3) is 0.750. The molecule has 0 fully saturated rings. The van der Waals surface area contributed by atoms with E-state index in [-0.39, 0.29) is 0 Å². The van der Waals surface area contributed by atoms with Crippen molar-refractivity contribution in [2.75, 3.05) is 0 Å². The quantitative estimate of drug-likeness (QED) is 0.439. The summed E-state index contributed by atoms with van der Waals surface area (Å²) < 4.78 is 0. The molecule has 0 aromatic rings. The highest BCUT2D eigenvalue weighted by atomic mass is 15.4. The molecule has 10 heavy (non-hydrogen) atoms. The maximum atomic E-state index is 5.82. The Morgan fingerprint density at radius 3 is 2.90 bits per heavy atom. The van der Waals surface area contributed by atoms with E-state index in [1.54, 1.807) is 0 Å². The second-order valence-electron chi connectivity index (χ2n) is 2.94. The predicted molar refractivity (Wildman–Crippen MR) is 43.3 cm³/mol. The van der Waals surface area contributed by atoms with Crippen molar-refractivity contribution >= 4 is 0 Å². The van der Waals surface area contributed by atoms with E-state index < -0.39 is 0 Å². The van der Waals surface area contributed by atoms with Crippen molar-refractivity contribution in [1.82, 2.24) is 5.01 Å². The first-order valence-corrected chi connectivity index (χ1v) is 3.95. The molecule has 2 heteroatoms. The van der Waals surface area contributed by atoms with Gasteiger partial charge in [-0.25, -0.2) is 5.01 Å². The van der Waals surface area contributed by atoms with Crippen LogP contribution in [0.1, 0.15) is 26.7 Å². The van der Waals surface area contributed by atoms with E-state index in [1.165, 1.54) is 0 Å². The summed E-state index contributed by atoms with van der Waals surface area (Å²) in [5, 5.41) is 1.94. The summed E-state index contributed by atoms with van der Waals surface area (Å²) in [6.45, 7) is 4.32. The summed E-state index contributed by atoms with van der Waals surface area (Å²) in [5.41, 5.74) is 0. The molecule has 0 aromatic heterocycles. The van der Waals surface area contributed by atoms with Crippen LogP contribution in [0, 0.1) is 0 Å². The van der Waals surface area contributed by atoms with Crippen LogP contribution in [-0.4, -0.2) is 17.1 Å². The van der Waals surface area contributed by atoms with Crippen molar-refractivity contribution in [3.05, 3.63) is 12.2 Å². The van der Waals surface area contributed by atoms with E-state index in [0.29, 0.717) is 12.1 Å². The number of nitrogens with zero attached hydrogens (tertiary/aromatic N) is 1. The van der Waals surface area contributed by atoms with Gasteiger partial charge in [0.05, 0.1) is 0 Å². The van der Waals surface area contributed by atoms with Crippen LogP contribution < -0.4 is 5.84 Å².